The van der Waals surface area contributed by atoms with Gasteiger partial charge in [-0.1, -0.05) is 12.1 Å². The first-order valence-corrected chi connectivity index (χ1v) is 7.62. The quantitative estimate of drug-likeness (QED) is 0.806. The van der Waals surface area contributed by atoms with E-state index in [1.54, 1.807) is 0 Å². The van der Waals surface area contributed by atoms with E-state index in [9.17, 15) is 5.11 Å². The number of para-hydroxylation sites is 1. The maximum Gasteiger partial charge on any atom is 0.224 e. The van der Waals surface area contributed by atoms with Gasteiger partial charge in [-0.05, 0) is 43.7 Å². The zero-order valence-electron chi connectivity index (χ0n) is 12.3. The van der Waals surface area contributed by atoms with E-state index in [2.05, 4.69) is 20.6 Å². The zero-order chi connectivity index (χ0) is 14.7. The van der Waals surface area contributed by atoms with E-state index in [4.69, 9.17) is 0 Å². The molecule has 3 rings (SSSR count). The maximum absolute atomic E-state index is 9.57. The molecule has 1 aliphatic rings. The van der Waals surface area contributed by atoms with Crippen molar-refractivity contribution in [3.8, 4) is 0 Å². The molecule has 21 heavy (non-hydrogen) atoms. The second-order valence-corrected chi connectivity index (χ2v) is 5.72. The van der Waals surface area contributed by atoms with Crippen LogP contribution in [-0.4, -0.2) is 34.8 Å². The van der Waals surface area contributed by atoms with Gasteiger partial charge in [0.05, 0.1) is 11.6 Å². The molecule has 1 fully saturated rings. The Morgan fingerprint density at radius 2 is 1.90 bits per heavy atom. The van der Waals surface area contributed by atoms with Crippen LogP contribution in [0.4, 0.5) is 11.8 Å². The number of aromatic nitrogens is 2. The largest absolute Gasteiger partial charge is 0.393 e. The molecule has 0 aliphatic heterocycles. The SMILES string of the molecule is CNc1nc(NCC2CCC(O)CC2)c2ccccc2n1. The average molecular weight is 286 g/mol. The monoisotopic (exact) mass is 286 g/mol. The smallest absolute Gasteiger partial charge is 0.224 e. The summed E-state index contributed by atoms with van der Waals surface area (Å²) in [5.41, 5.74) is 0.943. The molecule has 5 nitrogen and oxygen atoms in total. The van der Waals surface area contributed by atoms with E-state index < -0.39 is 0 Å². The van der Waals surface area contributed by atoms with E-state index in [0.717, 1.165) is 48.9 Å². The van der Waals surface area contributed by atoms with Gasteiger partial charge in [-0.15, -0.1) is 0 Å². The van der Waals surface area contributed by atoms with Crippen LogP contribution >= 0.6 is 0 Å². The third kappa shape index (κ3) is 3.24. The summed E-state index contributed by atoms with van der Waals surface area (Å²) in [7, 11) is 1.83. The summed E-state index contributed by atoms with van der Waals surface area (Å²) in [6, 6.07) is 8.04. The maximum atomic E-state index is 9.57. The first-order valence-electron chi connectivity index (χ1n) is 7.62. The van der Waals surface area contributed by atoms with Crippen molar-refractivity contribution in [2.45, 2.75) is 31.8 Å². The molecule has 0 unspecified atom stereocenters. The highest BCUT2D eigenvalue weighted by Gasteiger charge is 2.19. The van der Waals surface area contributed by atoms with Gasteiger partial charge < -0.3 is 15.7 Å². The summed E-state index contributed by atoms with van der Waals surface area (Å²) >= 11 is 0. The van der Waals surface area contributed by atoms with Gasteiger partial charge in [0.2, 0.25) is 5.95 Å². The lowest BCUT2D eigenvalue weighted by Gasteiger charge is -2.25. The van der Waals surface area contributed by atoms with Gasteiger partial charge in [-0.2, -0.15) is 4.98 Å². The van der Waals surface area contributed by atoms with Gasteiger partial charge in [0.15, 0.2) is 0 Å². The summed E-state index contributed by atoms with van der Waals surface area (Å²) in [4.78, 5) is 9.00. The van der Waals surface area contributed by atoms with Crippen molar-refractivity contribution >= 4 is 22.7 Å². The third-order valence-electron chi connectivity index (χ3n) is 4.20. The van der Waals surface area contributed by atoms with Crippen LogP contribution in [0.3, 0.4) is 0 Å². The molecule has 1 aromatic heterocycles. The summed E-state index contributed by atoms with van der Waals surface area (Å²) in [6.45, 7) is 0.900. The molecule has 2 aromatic rings. The third-order valence-corrected chi connectivity index (χ3v) is 4.20. The highest BCUT2D eigenvalue weighted by molar-refractivity contribution is 5.89. The number of aliphatic hydroxyl groups is 1. The first kappa shape index (κ1) is 14.1. The van der Waals surface area contributed by atoms with E-state index in [1.807, 2.05) is 31.3 Å². The molecule has 0 saturated heterocycles. The van der Waals surface area contributed by atoms with Gasteiger partial charge in [0.1, 0.15) is 5.82 Å². The van der Waals surface area contributed by atoms with Gasteiger partial charge >= 0.3 is 0 Å². The van der Waals surface area contributed by atoms with Gasteiger partial charge in [0.25, 0.3) is 0 Å². The minimum atomic E-state index is -0.1000. The van der Waals surface area contributed by atoms with Gasteiger partial charge in [0, 0.05) is 19.0 Å². The van der Waals surface area contributed by atoms with Crippen molar-refractivity contribution in [2.24, 2.45) is 5.92 Å². The van der Waals surface area contributed by atoms with Crippen LogP contribution in [0.25, 0.3) is 10.9 Å². The van der Waals surface area contributed by atoms with Crippen LogP contribution in [0, 0.1) is 5.92 Å². The predicted octanol–water partition coefficient (Wildman–Crippen LogP) is 2.63. The second-order valence-electron chi connectivity index (χ2n) is 5.72. The Kier molecular flexibility index (Phi) is 4.20. The fourth-order valence-corrected chi connectivity index (χ4v) is 2.91. The summed E-state index contributed by atoms with van der Waals surface area (Å²) in [6.07, 6.45) is 3.89. The Hall–Kier alpha value is -1.88. The van der Waals surface area contributed by atoms with Crippen LogP contribution in [0.15, 0.2) is 24.3 Å². The Morgan fingerprint density at radius 3 is 2.67 bits per heavy atom. The van der Waals surface area contributed by atoms with Crippen molar-refractivity contribution in [3.05, 3.63) is 24.3 Å². The lowest BCUT2D eigenvalue weighted by molar-refractivity contribution is 0.111. The summed E-state index contributed by atoms with van der Waals surface area (Å²) in [5.74, 6) is 2.13. The highest BCUT2D eigenvalue weighted by atomic mass is 16.3. The number of benzene rings is 1. The average Bonchev–Trinajstić information content (AvgIpc) is 2.53. The Balaban J connectivity index is 1.76. The molecular weight excluding hydrogens is 264 g/mol. The lowest BCUT2D eigenvalue weighted by atomic mass is 9.87. The number of hydrogen-bond acceptors (Lipinski definition) is 5. The van der Waals surface area contributed by atoms with Crippen LogP contribution in [-0.2, 0) is 0 Å². The zero-order valence-corrected chi connectivity index (χ0v) is 12.3. The molecule has 0 radical (unpaired) electrons. The molecule has 5 heteroatoms. The highest BCUT2D eigenvalue weighted by Crippen LogP contribution is 2.26. The van der Waals surface area contributed by atoms with E-state index >= 15 is 0 Å². The molecule has 1 aromatic carbocycles. The van der Waals surface area contributed by atoms with Crippen LogP contribution < -0.4 is 10.6 Å². The minimum absolute atomic E-state index is 0.1000. The summed E-state index contributed by atoms with van der Waals surface area (Å²) < 4.78 is 0. The number of rotatable bonds is 4. The molecule has 3 N–H and O–H groups in total. The van der Waals surface area contributed by atoms with Crippen molar-refractivity contribution in [1.29, 1.82) is 0 Å². The van der Waals surface area contributed by atoms with Crippen molar-refractivity contribution in [3.63, 3.8) is 0 Å². The molecule has 0 amide bonds. The predicted molar refractivity (Wildman–Crippen MR) is 85.5 cm³/mol. The number of aliphatic hydroxyl groups excluding tert-OH is 1. The molecule has 112 valence electrons. The van der Waals surface area contributed by atoms with Crippen molar-refractivity contribution in [1.82, 2.24) is 9.97 Å². The van der Waals surface area contributed by atoms with E-state index in [0.29, 0.717) is 11.9 Å². The number of nitrogens with zero attached hydrogens (tertiary/aromatic N) is 2. The molecule has 0 spiro atoms. The standard InChI is InChI=1S/C16H22N4O/c1-17-16-19-14-5-3-2-4-13(14)15(20-16)18-10-11-6-8-12(21)9-7-11/h2-5,11-12,21H,6-10H2,1H3,(H2,17,18,19,20). The van der Waals surface area contributed by atoms with Crippen LogP contribution in [0.2, 0.25) is 0 Å². The Labute approximate surface area is 124 Å². The van der Waals surface area contributed by atoms with E-state index in [1.165, 1.54) is 0 Å². The lowest BCUT2D eigenvalue weighted by Crippen LogP contribution is -2.24. The topological polar surface area (TPSA) is 70.1 Å². The second kappa shape index (κ2) is 6.26. The minimum Gasteiger partial charge on any atom is -0.393 e. The van der Waals surface area contributed by atoms with Crippen LogP contribution in [0.5, 0.6) is 0 Å². The molecule has 1 aliphatic carbocycles. The number of fused-ring (bicyclic) bond motifs is 1. The normalized spacial score (nSPS) is 22.2. The number of hydrogen-bond donors (Lipinski definition) is 3. The molecule has 1 saturated carbocycles. The Morgan fingerprint density at radius 1 is 1.14 bits per heavy atom. The molecule has 0 bridgehead atoms. The van der Waals surface area contributed by atoms with E-state index in [-0.39, 0.29) is 6.10 Å². The molecule has 0 atom stereocenters. The molecule has 1 heterocycles. The van der Waals surface area contributed by atoms with Crippen molar-refractivity contribution < 1.29 is 5.11 Å². The van der Waals surface area contributed by atoms with Gasteiger partial charge in [-0.25, -0.2) is 4.98 Å². The fraction of sp³-hybridized carbons (Fsp3) is 0.500. The number of anilines is 2. The van der Waals surface area contributed by atoms with Gasteiger partial charge in [-0.3, -0.25) is 0 Å². The fourth-order valence-electron chi connectivity index (χ4n) is 2.91. The Bertz CT molecular complexity index is 608. The number of nitrogens with one attached hydrogen (secondary N) is 2. The first-order chi connectivity index (χ1) is 10.3. The van der Waals surface area contributed by atoms with Crippen molar-refractivity contribution in [2.75, 3.05) is 24.2 Å². The van der Waals surface area contributed by atoms with Crippen LogP contribution in [0.1, 0.15) is 25.7 Å². The summed E-state index contributed by atoms with van der Waals surface area (Å²) in [5, 5.41) is 17.1. The molecular formula is C16H22N4O.